The maximum atomic E-state index is 13.7. The molecule has 7 rings (SSSR count). The largest absolute Gasteiger partial charge is 0.489 e. The van der Waals surface area contributed by atoms with Gasteiger partial charge in [0.1, 0.15) is 18.1 Å². The number of rotatable bonds is 13. The van der Waals surface area contributed by atoms with E-state index in [9.17, 15) is 14.4 Å². The third-order valence-electron chi connectivity index (χ3n) is 8.52. The SMILES string of the molecule is CC(Sc1cccc(NC(=O)/C(=C/c2ccc(OCc3ccccc3)cc2)NC(=O)c2ccccc2)c1)C(=O)Nc1nc(-c2ccc3ccccc3c2)cs1. The van der Waals surface area contributed by atoms with Crippen LogP contribution in [0.3, 0.4) is 0 Å². The zero-order chi connectivity index (χ0) is 38.0. The van der Waals surface area contributed by atoms with Crippen LogP contribution in [0.4, 0.5) is 10.8 Å². The maximum absolute atomic E-state index is 13.7. The topological polar surface area (TPSA) is 109 Å². The molecule has 8 nitrogen and oxygen atoms in total. The molecule has 0 radical (unpaired) electrons. The van der Waals surface area contributed by atoms with E-state index < -0.39 is 17.1 Å². The molecule has 3 amide bonds. The van der Waals surface area contributed by atoms with Crippen molar-refractivity contribution in [2.75, 3.05) is 10.6 Å². The molecule has 0 saturated carbocycles. The summed E-state index contributed by atoms with van der Waals surface area (Å²) in [4.78, 5) is 45.6. The minimum atomic E-state index is -0.507. The number of ether oxygens (including phenoxy) is 1. The highest BCUT2D eigenvalue weighted by molar-refractivity contribution is 8.00. The van der Waals surface area contributed by atoms with Crippen LogP contribution >= 0.6 is 23.1 Å². The maximum Gasteiger partial charge on any atom is 0.272 e. The minimum absolute atomic E-state index is 0.0594. The molecule has 0 saturated heterocycles. The summed E-state index contributed by atoms with van der Waals surface area (Å²) in [6.07, 6.45) is 1.62. The van der Waals surface area contributed by atoms with Gasteiger partial charge in [-0.3, -0.25) is 14.4 Å². The van der Waals surface area contributed by atoms with E-state index >= 15 is 0 Å². The van der Waals surface area contributed by atoms with Crippen LogP contribution in [-0.2, 0) is 16.2 Å². The van der Waals surface area contributed by atoms with Gasteiger partial charge in [-0.25, -0.2) is 4.98 Å². The number of fused-ring (bicyclic) bond motifs is 1. The first kappa shape index (κ1) is 36.9. The summed E-state index contributed by atoms with van der Waals surface area (Å²) in [7, 11) is 0. The lowest BCUT2D eigenvalue weighted by Crippen LogP contribution is -2.30. The highest BCUT2D eigenvalue weighted by Crippen LogP contribution is 2.30. The number of hydrogen-bond donors (Lipinski definition) is 3. The second-order valence-corrected chi connectivity index (χ2v) is 14.8. The van der Waals surface area contributed by atoms with E-state index in [1.54, 1.807) is 48.5 Å². The van der Waals surface area contributed by atoms with Crippen LogP contribution < -0.4 is 20.7 Å². The van der Waals surface area contributed by atoms with Crippen LogP contribution in [0, 0.1) is 0 Å². The molecule has 3 N–H and O–H groups in total. The number of nitrogens with one attached hydrogen (secondary N) is 3. The Morgan fingerprint density at radius 2 is 1.49 bits per heavy atom. The summed E-state index contributed by atoms with van der Waals surface area (Å²) in [5.41, 5.74) is 4.51. The predicted molar refractivity (Wildman–Crippen MR) is 223 cm³/mol. The van der Waals surface area contributed by atoms with Crippen LogP contribution in [-0.4, -0.2) is 28.0 Å². The molecule has 0 aliphatic carbocycles. The first-order valence-electron chi connectivity index (χ1n) is 17.5. The van der Waals surface area contributed by atoms with Crippen molar-refractivity contribution in [3.05, 3.63) is 179 Å². The number of aromatic nitrogens is 1. The van der Waals surface area contributed by atoms with Crippen molar-refractivity contribution in [1.82, 2.24) is 10.3 Å². The Hall–Kier alpha value is -6.49. The number of carbonyl (C=O) groups is 3. The molecule has 1 atom stereocenters. The minimum Gasteiger partial charge on any atom is -0.489 e. The molecule has 0 aliphatic heterocycles. The van der Waals surface area contributed by atoms with Gasteiger partial charge in [0.2, 0.25) is 5.91 Å². The third-order valence-corrected chi connectivity index (χ3v) is 10.4. The summed E-state index contributed by atoms with van der Waals surface area (Å²) >= 11 is 2.73. The van der Waals surface area contributed by atoms with Crippen molar-refractivity contribution in [3.63, 3.8) is 0 Å². The van der Waals surface area contributed by atoms with Gasteiger partial charge in [-0.15, -0.1) is 23.1 Å². The highest BCUT2D eigenvalue weighted by Gasteiger charge is 2.19. The normalized spacial score (nSPS) is 11.8. The number of benzene rings is 6. The molecule has 7 aromatic rings. The lowest BCUT2D eigenvalue weighted by atomic mass is 10.1. The summed E-state index contributed by atoms with van der Waals surface area (Å²) in [5, 5.41) is 12.9. The van der Waals surface area contributed by atoms with Crippen LogP contribution in [0.15, 0.2) is 168 Å². The molecule has 1 heterocycles. The second-order valence-electron chi connectivity index (χ2n) is 12.6. The van der Waals surface area contributed by atoms with E-state index in [0.29, 0.717) is 34.3 Å². The van der Waals surface area contributed by atoms with E-state index in [0.717, 1.165) is 32.5 Å². The van der Waals surface area contributed by atoms with Gasteiger partial charge in [-0.2, -0.15) is 0 Å². The molecule has 10 heteroatoms. The third kappa shape index (κ3) is 9.94. The Kier molecular flexibility index (Phi) is 11.8. The Labute approximate surface area is 327 Å². The number of anilines is 2. The van der Waals surface area contributed by atoms with Crippen molar-refractivity contribution in [3.8, 4) is 17.0 Å². The van der Waals surface area contributed by atoms with Crippen LogP contribution in [0.5, 0.6) is 5.75 Å². The van der Waals surface area contributed by atoms with E-state index in [1.165, 1.54) is 23.1 Å². The van der Waals surface area contributed by atoms with Crippen LogP contribution in [0.2, 0.25) is 0 Å². The molecule has 272 valence electrons. The van der Waals surface area contributed by atoms with Crippen molar-refractivity contribution in [2.24, 2.45) is 0 Å². The van der Waals surface area contributed by atoms with Gasteiger partial charge >= 0.3 is 0 Å². The molecule has 0 fully saturated rings. The van der Waals surface area contributed by atoms with Crippen LogP contribution in [0.1, 0.15) is 28.4 Å². The van der Waals surface area contributed by atoms with Gasteiger partial charge in [0.05, 0.1) is 10.9 Å². The van der Waals surface area contributed by atoms with Gasteiger partial charge in [0.25, 0.3) is 11.8 Å². The lowest BCUT2D eigenvalue weighted by molar-refractivity contribution is -0.115. The Bertz CT molecular complexity index is 2470. The molecule has 0 spiro atoms. The first-order chi connectivity index (χ1) is 26.9. The van der Waals surface area contributed by atoms with E-state index in [1.807, 2.05) is 97.2 Å². The molecule has 6 aromatic carbocycles. The highest BCUT2D eigenvalue weighted by atomic mass is 32.2. The fraction of sp³-hybridized carbons (Fsp3) is 0.0667. The molecule has 55 heavy (non-hydrogen) atoms. The molecular formula is C45H36N4O4S2. The number of hydrogen-bond acceptors (Lipinski definition) is 7. The summed E-state index contributed by atoms with van der Waals surface area (Å²) in [6, 6.07) is 47.4. The zero-order valence-electron chi connectivity index (χ0n) is 29.8. The quantitative estimate of drug-likeness (QED) is 0.0798. The van der Waals surface area contributed by atoms with Gasteiger partial charge in [-0.1, -0.05) is 103 Å². The molecule has 0 aliphatic rings. The molecule has 1 aromatic heterocycles. The summed E-state index contributed by atoms with van der Waals surface area (Å²) < 4.78 is 5.91. The number of nitrogens with zero attached hydrogens (tertiary/aromatic N) is 1. The van der Waals surface area contributed by atoms with E-state index in [2.05, 4.69) is 45.2 Å². The average Bonchev–Trinajstić information content (AvgIpc) is 3.69. The Morgan fingerprint density at radius 3 is 2.27 bits per heavy atom. The van der Waals surface area contributed by atoms with Gasteiger partial charge in [0, 0.05) is 27.1 Å². The number of thiazole rings is 1. The van der Waals surface area contributed by atoms with Crippen LogP contribution in [0.25, 0.3) is 28.1 Å². The number of carbonyl (C=O) groups excluding carboxylic acids is 3. The molecule has 0 bridgehead atoms. The van der Waals surface area contributed by atoms with Crippen molar-refractivity contribution in [2.45, 2.75) is 23.7 Å². The summed E-state index contributed by atoms with van der Waals surface area (Å²) in [5.74, 6) is -0.440. The zero-order valence-corrected chi connectivity index (χ0v) is 31.4. The van der Waals surface area contributed by atoms with E-state index in [-0.39, 0.29) is 11.6 Å². The van der Waals surface area contributed by atoms with Crippen molar-refractivity contribution in [1.29, 1.82) is 0 Å². The standard InChI is InChI=1S/C45H36N4O4S2/c1-30(42(50)49-45-48-41(29-54-45)36-22-21-33-13-8-9-16-35(33)26-36)55-39-18-10-17-37(27-39)46-44(52)40(47-43(51)34-14-6-3-7-15-34)25-31-19-23-38(24-20-31)53-28-32-11-4-2-5-12-32/h2-27,29-30H,28H2,1H3,(H,46,52)(H,47,51)(H,48,49,50)/b40-25-. The van der Waals surface area contributed by atoms with Gasteiger partial charge < -0.3 is 20.7 Å². The van der Waals surface area contributed by atoms with Gasteiger partial charge in [0.15, 0.2) is 5.13 Å². The molecular weight excluding hydrogens is 725 g/mol. The van der Waals surface area contributed by atoms with Crippen molar-refractivity contribution >= 4 is 68.5 Å². The number of thioether (sulfide) groups is 1. The van der Waals surface area contributed by atoms with Crippen molar-refractivity contribution < 1.29 is 19.1 Å². The van der Waals surface area contributed by atoms with Gasteiger partial charge in [-0.05, 0) is 83.4 Å². The fourth-order valence-electron chi connectivity index (χ4n) is 5.63. The Morgan fingerprint density at radius 1 is 0.764 bits per heavy atom. The summed E-state index contributed by atoms with van der Waals surface area (Å²) in [6.45, 7) is 2.25. The fourth-order valence-corrected chi connectivity index (χ4v) is 7.28. The number of amides is 3. The predicted octanol–water partition coefficient (Wildman–Crippen LogP) is 10.1. The second kappa shape index (κ2) is 17.6. The monoisotopic (exact) mass is 760 g/mol. The Balaban J connectivity index is 1.00. The molecule has 1 unspecified atom stereocenters. The average molecular weight is 761 g/mol. The smallest absolute Gasteiger partial charge is 0.272 e. The van der Waals surface area contributed by atoms with E-state index in [4.69, 9.17) is 4.74 Å². The lowest BCUT2D eigenvalue weighted by Gasteiger charge is -2.14. The first-order valence-corrected chi connectivity index (χ1v) is 19.3.